The third kappa shape index (κ3) is 4.99. The first-order chi connectivity index (χ1) is 15.5. The molecule has 2 aromatic carbocycles. The van der Waals surface area contributed by atoms with Gasteiger partial charge in [0.15, 0.2) is 0 Å². The van der Waals surface area contributed by atoms with E-state index in [0.717, 1.165) is 35.5 Å². The van der Waals surface area contributed by atoms with Gasteiger partial charge in [0.05, 0.1) is 5.92 Å². The summed E-state index contributed by atoms with van der Waals surface area (Å²) in [6, 6.07) is 17.0. The molecule has 7 nitrogen and oxygen atoms in total. The fraction of sp³-hybridized carbons (Fsp3) is 0.320. The summed E-state index contributed by atoms with van der Waals surface area (Å²) in [7, 11) is 1.92. The Kier molecular flexibility index (Phi) is 6.54. The van der Waals surface area contributed by atoms with Gasteiger partial charge in [0.1, 0.15) is 11.9 Å². The number of hydrogen-bond donors (Lipinski definition) is 2. The molecule has 1 fully saturated rings. The Hall–Kier alpha value is -3.61. The lowest BCUT2D eigenvalue weighted by molar-refractivity contribution is -0.126. The SMILES string of the molecule is Cc1cccc(NC(=O)N2CCC[C@@H](C(=O)N[C@H](c3ccccc3)c3nccn3C)C2)c1. The second-order valence-corrected chi connectivity index (χ2v) is 8.33. The molecule has 1 aliphatic heterocycles. The number of carbonyl (C=O) groups is 2. The highest BCUT2D eigenvalue weighted by atomic mass is 16.2. The third-order valence-corrected chi connectivity index (χ3v) is 5.88. The Morgan fingerprint density at radius 1 is 1.12 bits per heavy atom. The zero-order valence-corrected chi connectivity index (χ0v) is 18.5. The van der Waals surface area contributed by atoms with E-state index in [1.807, 2.05) is 79.3 Å². The lowest BCUT2D eigenvalue weighted by atomic mass is 9.96. The number of rotatable bonds is 5. The van der Waals surface area contributed by atoms with Crippen molar-refractivity contribution in [3.05, 3.63) is 83.9 Å². The summed E-state index contributed by atoms with van der Waals surface area (Å²) in [5.41, 5.74) is 2.82. The van der Waals surface area contributed by atoms with Gasteiger partial charge >= 0.3 is 6.03 Å². The van der Waals surface area contributed by atoms with Crippen LogP contribution in [-0.4, -0.2) is 39.5 Å². The van der Waals surface area contributed by atoms with Crippen LogP contribution in [0.2, 0.25) is 0 Å². The number of aromatic nitrogens is 2. The molecule has 2 N–H and O–H groups in total. The highest BCUT2D eigenvalue weighted by Gasteiger charge is 2.31. The Morgan fingerprint density at radius 3 is 2.66 bits per heavy atom. The van der Waals surface area contributed by atoms with Crippen LogP contribution in [0.3, 0.4) is 0 Å². The van der Waals surface area contributed by atoms with Crippen molar-refractivity contribution in [1.29, 1.82) is 0 Å². The van der Waals surface area contributed by atoms with Crippen LogP contribution in [0.1, 0.15) is 35.8 Å². The maximum absolute atomic E-state index is 13.3. The number of anilines is 1. The summed E-state index contributed by atoms with van der Waals surface area (Å²) in [4.78, 5) is 32.2. The van der Waals surface area contributed by atoms with Gasteiger partial charge in [-0.05, 0) is 43.0 Å². The van der Waals surface area contributed by atoms with E-state index >= 15 is 0 Å². The second kappa shape index (κ2) is 9.68. The van der Waals surface area contributed by atoms with Crippen LogP contribution >= 0.6 is 0 Å². The minimum atomic E-state index is -0.347. The fourth-order valence-corrected chi connectivity index (χ4v) is 4.16. The predicted molar refractivity (Wildman–Crippen MR) is 124 cm³/mol. The fourth-order valence-electron chi connectivity index (χ4n) is 4.16. The average Bonchev–Trinajstić information content (AvgIpc) is 3.23. The molecule has 2 heterocycles. The molecule has 2 atom stereocenters. The molecule has 32 heavy (non-hydrogen) atoms. The van der Waals surface area contributed by atoms with Crippen LogP contribution in [0.25, 0.3) is 0 Å². The summed E-state index contributed by atoms with van der Waals surface area (Å²) in [5.74, 6) is 0.447. The smallest absolute Gasteiger partial charge is 0.321 e. The van der Waals surface area contributed by atoms with Gasteiger partial charge in [-0.2, -0.15) is 0 Å². The van der Waals surface area contributed by atoms with Crippen molar-refractivity contribution in [3.63, 3.8) is 0 Å². The first kappa shape index (κ1) is 21.6. The van der Waals surface area contributed by atoms with Crippen molar-refractivity contribution in [2.75, 3.05) is 18.4 Å². The van der Waals surface area contributed by atoms with Gasteiger partial charge in [-0.25, -0.2) is 9.78 Å². The number of nitrogens with zero attached hydrogens (tertiary/aromatic N) is 3. The second-order valence-electron chi connectivity index (χ2n) is 8.33. The standard InChI is InChI=1S/C25H29N5O2/c1-18-8-6-12-21(16-18)27-25(32)30-14-7-11-20(17-30)24(31)28-22(19-9-4-3-5-10-19)23-26-13-15-29(23)2/h3-6,8-10,12-13,15-16,20,22H,7,11,14,17H2,1-2H3,(H,27,32)(H,28,31)/t20-,22-/m1/s1. The Labute approximate surface area is 188 Å². The molecule has 1 aliphatic rings. The number of aryl methyl sites for hydroxylation is 2. The summed E-state index contributed by atoms with van der Waals surface area (Å²) >= 11 is 0. The Bertz CT molecular complexity index is 1080. The molecule has 0 aliphatic carbocycles. The van der Waals surface area contributed by atoms with Gasteiger partial charge in [-0.15, -0.1) is 0 Å². The molecule has 0 radical (unpaired) electrons. The number of piperidine rings is 1. The number of nitrogens with one attached hydrogen (secondary N) is 2. The van der Waals surface area contributed by atoms with Crippen LogP contribution < -0.4 is 10.6 Å². The van der Waals surface area contributed by atoms with Crippen LogP contribution in [0.15, 0.2) is 67.0 Å². The van der Waals surface area contributed by atoms with Crippen LogP contribution in [0.4, 0.5) is 10.5 Å². The van der Waals surface area contributed by atoms with Crippen molar-refractivity contribution in [2.45, 2.75) is 25.8 Å². The molecule has 0 saturated carbocycles. The molecule has 0 unspecified atom stereocenters. The third-order valence-electron chi connectivity index (χ3n) is 5.88. The van der Waals surface area contributed by atoms with Gasteiger partial charge in [0.25, 0.3) is 0 Å². The van der Waals surface area contributed by atoms with Gasteiger partial charge in [-0.3, -0.25) is 4.79 Å². The van der Waals surface area contributed by atoms with Gasteiger partial charge in [0, 0.05) is 38.2 Å². The molecule has 3 aromatic rings. The molecule has 7 heteroatoms. The molecule has 1 aromatic heterocycles. The van der Waals surface area contributed by atoms with Crippen molar-refractivity contribution >= 4 is 17.6 Å². The van der Waals surface area contributed by atoms with Crippen LogP contribution in [0, 0.1) is 12.8 Å². The molecule has 0 bridgehead atoms. The summed E-state index contributed by atoms with van der Waals surface area (Å²) in [6.45, 7) is 3.02. The number of imidazole rings is 1. The first-order valence-corrected chi connectivity index (χ1v) is 11.0. The number of hydrogen-bond acceptors (Lipinski definition) is 3. The molecule has 4 rings (SSSR count). The average molecular weight is 432 g/mol. The number of urea groups is 1. The van der Waals surface area contributed by atoms with E-state index in [1.54, 1.807) is 11.1 Å². The van der Waals surface area contributed by atoms with Crippen molar-refractivity contribution in [1.82, 2.24) is 19.8 Å². The number of amides is 3. The van der Waals surface area contributed by atoms with Crippen molar-refractivity contribution in [2.24, 2.45) is 13.0 Å². The van der Waals surface area contributed by atoms with E-state index in [1.165, 1.54) is 0 Å². The van der Waals surface area contributed by atoms with E-state index in [0.29, 0.717) is 13.1 Å². The number of benzene rings is 2. The molecule has 0 spiro atoms. The van der Waals surface area contributed by atoms with Crippen LogP contribution in [0.5, 0.6) is 0 Å². The topological polar surface area (TPSA) is 79.3 Å². The maximum Gasteiger partial charge on any atom is 0.321 e. The maximum atomic E-state index is 13.3. The summed E-state index contributed by atoms with van der Waals surface area (Å²) < 4.78 is 1.92. The van der Waals surface area contributed by atoms with E-state index in [2.05, 4.69) is 15.6 Å². The molecule has 1 saturated heterocycles. The minimum Gasteiger partial charge on any atom is -0.342 e. The largest absolute Gasteiger partial charge is 0.342 e. The van der Waals surface area contributed by atoms with Gasteiger partial charge < -0.3 is 20.1 Å². The van der Waals surface area contributed by atoms with Crippen molar-refractivity contribution in [3.8, 4) is 0 Å². The van der Waals surface area contributed by atoms with Gasteiger partial charge in [-0.1, -0.05) is 42.5 Å². The normalized spacial score (nSPS) is 16.9. The van der Waals surface area contributed by atoms with Gasteiger partial charge in [0.2, 0.25) is 5.91 Å². The first-order valence-electron chi connectivity index (χ1n) is 11.0. The summed E-state index contributed by atoms with van der Waals surface area (Å²) in [5, 5.41) is 6.13. The van der Waals surface area contributed by atoms with E-state index in [-0.39, 0.29) is 23.9 Å². The van der Waals surface area contributed by atoms with Crippen molar-refractivity contribution < 1.29 is 9.59 Å². The van der Waals surface area contributed by atoms with E-state index < -0.39 is 0 Å². The molecule has 3 amide bonds. The molecule has 166 valence electrons. The lowest BCUT2D eigenvalue weighted by Crippen LogP contribution is -2.47. The zero-order valence-electron chi connectivity index (χ0n) is 18.5. The Morgan fingerprint density at radius 2 is 1.94 bits per heavy atom. The summed E-state index contributed by atoms with van der Waals surface area (Å²) in [6.07, 6.45) is 5.14. The molecular weight excluding hydrogens is 402 g/mol. The highest BCUT2D eigenvalue weighted by Crippen LogP contribution is 2.23. The Balaban J connectivity index is 1.45. The minimum absolute atomic E-state index is 0.0603. The van der Waals surface area contributed by atoms with E-state index in [9.17, 15) is 9.59 Å². The quantitative estimate of drug-likeness (QED) is 0.644. The zero-order chi connectivity index (χ0) is 22.5. The number of carbonyl (C=O) groups excluding carboxylic acids is 2. The molecular formula is C25H29N5O2. The predicted octanol–water partition coefficient (Wildman–Crippen LogP) is 3.88. The van der Waals surface area contributed by atoms with E-state index in [4.69, 9.17) is 0 Å². The van der Waals surface area contributed by atoms with Crippen LogP contribution in [-0.2, 0) is 11.8 Å². The number of likely N-dealkylation sites (tertiary alicyclic amines) is 1. The highest BCUT2D eigenvalue weighted by molar-refractivity contribution is 5.90. The monoisotopic (exact) mass is 431 g/mol. The lowest BCUT2D eigenvalue weighted by Gasteiger charge is -2.33.